The van der Waals surface area contributed by atoms with Crippen LogP contribution >= 0.6 is 15.9 Å². The molecule has 252 valence electrons. The van der Waals surface area contributed by atoms with Gasteiger partial charge in [0.2, 0.25) is 11.8 Å². The first-order valence-electron chi connectivity index (χ1n) is 15.9. The number of nitrogens with zero attached hydrogens (tertiary/aromatic N) is 2. The number of carbonyl (C=O) groups is 2. The van der Waals surface area contributed by atoms with E-state index in [0.29, 0.717) is 11.5 Å². The van der Waals surface area contributed by atoms with Crippen LogP contribution in [0, 0.1) is 0 Å². The minimum atomic E-state index is -4.25. The van der Waals surface area contributed by atoms with Crippen molar-refractivity contribution in [3.63, 3.8) is 0 Å². The summed E-state index contributed by atoms with van der Waals surface area (Å²) in [5.74, 6) is -0.0866. The van der Waals surface area contributed by atoms with E-state index in [1.54, 1.807) is 30.3 Å². The Balaban J connectivity index is 1.59. The van der Waals surface area contributed by atoms with Gasteiger partial charge in [0, 0.05) is 29.5 Å². The van der Waals surface area contributed by atoms with Gasteiger partial charge in [-0.1, -0.05) is 89.4 Å². The van der Waals surface area contributed by atoms with Crippen molar-refractivity contribution >= 4 is 43.5 Å². The standard InChI is InChI=1S/C37H40BrN3O6S/c1-46-34-21-20-31(24-35(34)47-2)41(48(44,45)32-18-7-4-8-19-32)26-36(42)40(25-28-14-11-15-29(38)22-28)33(23-27-12-5-3-6-13-27)37(43)39-30-16-9-10-17-30/h3-8,11-15,18-22,24,30,33H,9-10,16-17,23,25-26H2,1-2H3,(H,39,43)/t33-/m1/s1. The van der Waals surface area contributed by atoms with E-state index in [-0.39, 0.29) is 35.5 Å². The lowest BCUT2D eigenvalue weighted by molar-refractivity contribution is -0.140. The summed E-state index contributed by atoms with van der Waals surface area (Å²) in [5.41, 5.74) is 1.88. The first-order valence-corrected chi connectivity index (χ1v) is 18.1. The zero-order valence-corrected chi connectivity index (χ0v) is 29.5. The summed E-state index contributed by atoms with van der Waals surface area (Å²) in [7, 11) is -1.30. The number of methoxy groups -OCH3 is 2. The number of rotatable bonds is 14. The fourth-order valence-electron chi connectivity index (χ4n) is 5.98. The maximum absolute atomic E-state index is 14.7. The van der Waals surface area contributed by atoms with Crippen LogP contribution < -0.4 is 19.1 Å². The molecule has 1 saturated carbocycles. The van der Waals surface area contributed by atoms with Crippen LogP contribution in [0.5, 0.6) is 11.5 Å². The smallest absolute Gasteiger partial charge is 0.264 e. The highest BCUT2D eigenvalue weighted by Gasteiger charge is 2.36. The Labute approximate surface area is 291 Å². The van der Waals surface area contributed by atoms with Crippen molar-refractivity contribution in [3.8, 4) is 11.5 Å². The topological polar surface area (TPSA) is 105 Å². The van der Waals surface area contributed by atoms with Gasteiger partial charge in [-0.25, -0.2) is 8.42 Å². The van der Waals surface area contributed by atoms with Crippen LogP contribution in [0.25, 0.3) is 0 Å². The van der Waals surface area contributed by atoms with Gasteiger partial charge in [0.1, 0.15) is 12.6 Å². The number of hydrogen-bond acceptors (Lipinski definition) is 6. The predicted molar refractivity (Wildman–Crippen MR) is 190 cm³/mol. The van der Waals surface area contributed by atoms with E-state index in [4.69, 9.17) is 9.47 Å². The van der Waals surface area contributed by atoms with Gasteiger partial charge in [0.15, 0.2) is 11.5 Å². The molecule has 1 atom stereocenters. The zero-order valence-electron chi connectivity index (χ0n) is 27.0. The summed E-state index contributed by atoms with van der Waals surface area (Å²) in [6, 6.07) is 28.8. The molecule has 1 aliphatic rings. The third-order valence-corrected chi connectivity index (χ3v) is 10.8. The number of anilines is 1. The molecular formula is C37H40BrN3O6S. The molecule has 2 amide bonds. The molecule has 0 heterocycles. The number of nitrogens with one attached hydrogen (secondary N) is 1. The van der Waals surface area contributed by atoms with E-state index in [2.05, 4.69) is 21.2 Å². The fourth-order valence-corrected chi connectivity index (χ4v) is 7.86. The third-order valence-electron chi connectivity index (χ3n) is 8.48. The summed E-state index contributed by atoms with van der Waals surface area (Å²) < 4.78 is 41.3. The van der Waals surface area contributed by atoms with Crippen molar-refractivity contribution in [2.75, 3.05) is 25.1 Å². The minimum Gasteiger partial charge on any atom is -0.493 e. The number of amides is 2. The molecule has 0 unspecified atom stereocenters. The maximum Gasteiger partial charge on any atom is 0.264 e. The van der Waals surface area contributed by atoms with Crippen LogP contribution in [0.3, 0.4) is 0 Å². The first kappa shape index (κ1) is 35.0. The lowest BCUT2D eigenvalue weighted by Crippen LogP contribution is -2.54. The van der Waals surface area contributed by atoms with E-state index in [1.165, 1.54) is 37.3 Å². The lowest BCUT2D eigenvalue weighted by atomic mass is 10.0. The molecule has 0 bridgehead atoms. The molecule has 11 heteroatoms. The molecule has 1 fully saturated rings. The normalized spacial score (nSPS) is 13.8. The van der Waals surface area contributed by atoms with Gasteiger partial charge in [0.05, 0.1) is 24.8 Å². The van der Waals surface area contributed by atoms with Gasteiger partial charge in [-0.15, -0.1) is 0 Å². The predicted octanol–water partition coefficient (Wildman–Crippen LogP) is 6.36. The van der Waals surface area contributed by atoms with E-state index < -0.39 is 28.5 Å². The Morgan fingerprint density at radius 1 is 0.833 bits per heavy atom. The van der Waals surface area contributed by atoms with Crippen LogP contribution in [0.2, 0.25) is 0 Å². The molecule has 0 aromatic heterocycles. The largest absolute Gasteiger partial charge is 0.493 e. The Morgan fingerprint density at radius 2 is 1.48 bits per heavy atom. The Bertz CT molecular complexity index is 1800. The van der Waals surface area contributed by atoms with Crippen LogP contribution in [-0.2, 0) is 32.6 Å². The number of benzene rings is 4. The third kappa shape index (κ3) is 8.56. The summed E-state index contributed by atoms with van der Waals surface area (Å²) in [4.78, 5) is 30.4. The number of sulfonamides is 1. The van der Waals surface area contributed by atoms with E-state index >= 15 is 0 Å². The summed E-state index contributed by atoms with van der Waals surface area (Å²) >= 11 is 3.52. The molecule has 4 aromatic carbocycles. The highest BCUT2D eigenvalue weighted by atomic mass is 79.9. The van der Waals surface area contributed by atoms with Crippen molar-refractivity contribution in [2.45, 2.75) is 55.6 Å². The van der Waals surface area contributed by atoms with Gasteiger partial charge >= 0.3 is 0 Å². The molecule has 48 heavy (non-hydrogen) atoms. The van der Waals surface area contributed by atoms with Crippen molar-refractivity contribution in [1.29, 1.82) is 0 Å². The zero-order chi connectivity index (χ0) is 34.1. The SMILES string of the molecule is COc1ccc(N(CC(=O)N(Cc2cccc(Br)c2)[C@H](Cc2ccccc2)C(=O)NC2CCCC2)S(=O)(=O)c2ccccc2)cc1OC. The summed E-state index contributed by atoms with van der Waals surface area (Å²) in [5, 5.41) is 3.20. The van der Waals surface area contributed by atoms with E-state index in [1.807, 2.05) is 54.6 Å². The van der Waals surface area contributed by atoms with Crippen LogP contribution in [0.1, 0.15) is 36.8 Å². The average Bonchev–Trinajstić information content (AvgIpc) is 3.62. The highest BCUT2D eigenvalue weighted by Crippen LogP contribution is 2.34. The molecule has 0 aliphatic heterocycles. The van der Waals surface area contributed by atoms with Crippen molar-refractivity contribution in [3.05, 3.63) is 119 Å². The molecule has 4 aromatic rings. The van der Waals surface area contributed by atoms with Gasteiger partial charge in [-0.3, -0.25) is 13.9 Å². The van der Waals surface area contributed by atoms with E-state index in [0.717, 1.165) is 45.6 Å². The first-order chi connectivity index (χ1) is 23.2. The quantitative estimate of drug-likeness (QED) is 0.162. The molecule has 0 saturated heterocycles. The number of carbonyl (C=O) groups excluding carboxylic acids is 2. The second-order valence-corrected chi connectivity index (χ2v) is 14.5. The molecule has 5 rings (SSSR count). The van der Waals surface area contributed by atoms with E-state index in [9.17, 15) is 18.0 Å². The van der Waals surface area contributed by atoms with Crippen LogP contribution in [0.4, 0.5) is 5.69 Å². The maximum atomic E-state index is 14.7. The highest BCUT2D eigenvalue weighted by molar-refractivity contribution is 9.10. The monoisotopic (exact) mass is 733 g/mol. The molecule has 1 N–H and O–H groups in total. The average molecular weight is 735 g/mol. The minimum absolute atomic E-state index is 0.0194. The molecule has 1 aliphatic carbocycles. The fraction of sp³-hybridized carbons (Fsp3) is 0.297. The van der Waals surface area contributed by atoms with Gasteiger partial charge in [-0.05, 0) is 60.4 Å². The molecular weight excluding hydrogens is 694 g/mol. The van der Waals surface area contributed by atoms with Crippen LogP contribution in [-0.4, -0.2) is 58.0 Å². The van der Waals surface area contributed by atoms with Gasteiger partial charge in [-0.2, -0.15) is 0 Å². The molecule has 0 radical (unpaired) electrons. The summed E-state index contributed by atoms with van der Waals surface area (Å²) in [6.45, 7) is -0.484. The van der Waals surface area contributed by atoms with Crippen molar-refractivity contribution in [2.24, 2.45) is 0 Å². The Kier molecular flexibility index (Phi) is 11.8. The van der Waals surface area contributed by atoms with Gasteiger partial charge in [0.25, 0.3) is 10.0 Å². The molecule has 0 spiro atoms. The van der Waals surface area contributed by atoms with Crippen molar-refractivity contribution < 1.29 is 27.5 Å². The van der Waals surface area contributed by atoms with Crippen molar-refractivity contribution in [1.82, 2.24) is 10.2 Å². The Hall–Kier alpha value is -4.35. The number of halogens is 1. The van der Waals surface area contributed by atoms with Crippen LogP contribution in [0.15, 0.2) is 112 Å². The lowest BCUT2D eigenvalue weighted by Gasteiger charge is -2.34. The second-order valence-electron chi connectivity index (χ2n) is 11.7. The number of hydrogen-bond donors (Lipinski definition) is 1. The van der Waals surface area contributed by atoms with Gasteiger partial charge < -0.3 is 19.7 Å². The summed E-state index contributed by atoms with van der Waals surface area (Å²) in [6.07, 6.45) is 4.08. The number of ether oxygens (including phenoxy) is 2. The Morgan fingerprint density at radius 3 is 2.12 bits per heavy atom. The molecule has 9 nitrogen and oxygen atoms in total. The second kappa shape index (κ2) is 16.2.